The quantitative estimate of drug-likeness (QED) is 0.0233. The fourth-order valence-corrected chi connectivity index (χ4v) is 8.52. The largest absolute Gasteiger partial charge is 0.481 e. The highest BCUT2D eigenvalue weighted by Crippen LogP contribution is 2.32. The topological polar surface area (TPSA) is 505 Å². The molecule has 0 aromatic rings. The monoisotopic (exact) mass is 1120 g/mol. The summed E-state index contributed by atoms with van der Waals surface area (Å²) in [5.74, 6) is -18.4. The van der Waals surface area contributed by atoms with Crippen molar-refractivity contribution in [3.63, 3.8) is 0 Å². The van der Waals surface area contributed by atoms with Crippen LogP contribution in [0.4, 0.5) is 0 Å². The van der Waals surface area contributed by atoms with Crippen LogP contribution >= 0.6 is 0 Å². The molecular formula is C48H72N4O26. The second kappa shape index (κ2) is 35.4. The first kappa shape index (κ1) is 70.1. The first-order chi connectivity index (χ1) is 36.3. The summed E-state index contributed by atoms with van der Waals surface area (Å²) in [7, 11) is 1.02. The summed E-state index contributed by atoms with van der Waals surface area (Å²) >= 11 is 0. The molecule has 0 spiro atoms. The van der Waals surface area contributed by atoms with E-state index in [0.717, 1.165) is 7.11 Å². The van der Waals surface area contributed by atoms with Gasteiger partial charge in [-0.05, 0) is 83.5 Å². The van der Waals surface area contributed by atoms with E-state index in [1.54, 1.807) is 0 Å². The number of carboxylic acids is 9. The molecule has 440 valence electrons. The number of ether oxygens (including phenoxy) is 2. The van der Waals surface area contributed by atoms with Gasteiger partial charge in [0.1, 0.15) is 6.42 Å². The first-order valence-electron chi connectivity index (χ1n) is 24.7. The maximum Gasteiger partial charge on any atom is 0.317 e. The number of rotatable bonds is 46. The van der Waals surface area contributed by atoms with Crippen molar-refractivity contribution in [2.45, 2.75) is 196 Å². The zero-order chi connectivity index (χ0) is 59.7. The second-order valence-electron chi connectivity index (χ2n) is 18.9. The zero-order valence-electron chi connectivity index (χ0n) is 43.3. The zero-order valence-corrected chi connectivity index (χ0v) is 43.3. The van der Waals surface area contributed by atoms with Gasteiger partial charge in [0.05, 0.1) is 13.7 Å². The maximum atomic E-state index is 14.1. The van der Waals surface area contributed by atoms with Crippen LogP contribution < -0.4 is 21.3 Å². The molecule has 0 aromatic heterocycles. The SMILES string of the molecule is COC(=O)CC(=O)OCCCC(=O)NC(CCC(=O)NC(CCC(=O)O)(CCC(=O)O)CCC(=O)O)(CCC(=O)NC(CCC(=O)O)(CCC(=O)O)CCC(=O)O)CCC(=O)NC(CCC(=O)O)(CCC(=O)O)CCC(=O)O. The summed E-state index contributed by atoms with van der Waals surface area (Å²) < 4.78 is 9.39. The van der Waals surface area contributed by atoms with Crippen LogP contribution in [0, 0.1) is 0 Å². The Morgan fingerprint density at radius 1 is 0.295 bits per heavy atom. The van der Waals surface area contributed by atoms with Gasteiger partial charge in [-0.1, -0.05) is 0 Å². The normalized spacial score (nSPS) is 11.5. The summed E-state index contributed by atoms with van der Waals surface area (Å²) in [6.07, 6.45) is -15.8. The molecule has 0 aromatic carbocycles. The third-order valence-corrected chi connectivity index (χ3v) is 12.8. The molecule has 13 N–H and O–H groups in total. The van der Waals surface area contributed by atoms with Crippen LogP contribution in [0.3, 0.4) is 0 Å². The minimum Gasteiger partial charge on any atom is -0.481 e. The van der Waals surface area contributed by atoms with E-state index in [9.17, 15) is 118 Å². The molecule has 0 heterocycles. The number of hydrogen-bond donors (Lipinski definition) is 13. The van der Waals surface area contributed by atoms with Crippen molar-refractivity contribution < 1.29 is 127 Å². The minimum absolute atomic E-state index is 0.242. The predicted octanol–water partition coefficient (Wildman–Crippen LogP) is 1.42. The van der Waals surface area contributed by atoms with Gasteiger partial charge in [-0.25, -0.2) is 0 Å². The lowest BCUT2D eigenvalue weighted by Gasteiger charge is -2.39. The molecule has 0 unspecified atom stereocenters. The molecular weight excluding hydrogens is 1050 g/mol. The van der Waals surface area contributed by atoms with Crippen molar-refractivity contribution in [1.82, 2.24) is 21.3 Å². The highest BCUT2D eigenvalue weighted by Gasteiger charge is 2.40. The number of carboxylic acid groups (broad SMARTS) is 9. The van der Waals surface area contributed by atoms with Gasteiger partial charge in [-0.3, -0.25) is 71.9 Å². The van der Waals surface area contributed by atoms with Crippen molar-refractivity contribution in [3.8, 4) is 0 Å². The number of esters is 2. The Labute approximate surface area is 446 Å². The van der Waals surface area contributed by atoms with Gasteiger partial charge >= 0.3 is 65.7 Å². The summed E-state index contributed by atoms with van der Waals surface area (Å²) in [5.41, 5.74) is -7.30. The smallest absolute Gasteiger partial charge is 0.317 e. The van der Waals surface area contributed by atoms with Gasteiger partial charge in [0.25, 0.3) is 0 Å². The van der Waals surface area contributed by atoms with E-state index >= 15 is 0 Å². The Kier molecular flexibility index (Phi) is 31.8. The van der Waals surface area contributed by atoms with Gasteiger partial charge < -0.3 is 76.7 Å². The lowest BCUT2D eigenvalue weighted by Crippen LogP contribution is -2.54. The number of nitrogens with one attached hydrogen (secondary N) is 4. The van der Waals surface area contributed by atoms with Crippen molar-refractivity contribution >= 4 is 89.3 Å². The molecule has 0 aliphatic carbocycles. The minimum atomic E-state index is -1.96. The number of methoxy groups -OCH3 is 1. The van der Waals surface area contributed by atoms with Crippen LogP contribution in [0.25, 0.3) is 0 Å². The summed E-state index contributed by atoms with van der Waals surface area (Å²) in [4.78, 5) is 185. The Morgan fingerprint density at radius 3 is 0.679 bits per heavy atom. The molecule has 0 aliphatic heterocycles. The molecule has 4 amide bonds. The van der Waals surface area contributed by atoms with Gasteiger partial charge in [0.2, 0.25) is 23.6 Å². The van der Waals surface area contributed by atoms with Crippen LogP contribution in [0.5, 0.6) is 0 Å². The summed E-state index contributed by atoms with van der Waals surface area (Å²) in [6.45, 7) is -0.454. The van der Waals surface area contributed by atoms with Crippen LogP contribution in [-0.2, 0) is 81.4 Å². The van der Waals surface area contributed by atoms with Gasteiger partial charge in [-0.15, -0.1) is 0 Å². The molecule has 30 heteroatoms. The average molecular weight is 1120 g/mol. The third-order valence-electron chi connectivity index (χ3n) is 12.8. The van der Waals surface area contributed by atoms with E-state index in [1.807, 2.05) is 0 Å². The van der Waals surface area contributed by atoms with E-state index in [-0.39, 0.29) is 6.42 Å². The molecule has 0 radical (unpaired) electrons. The van der Waals surface area contributed by atoms with E-state index in [4.69, 9.17) is 4.74 Å². The van der Waals surface area contributed by atoms with E-state index in [2.05, 4.69) is 26.0 Å². The number of amides is 4. The summed E-state index contributed by atoms with van der Waals surface area (Å²) in [6, 6.07) is 0. The molecule has 0 saturated carbocycles. The molecule has 78 heavy (non-hydrogen) atoms. The highest BCUT2D eigenvalue weighted by molar-refractivity contribution is 5.91. The van der Waals surface area contributed by atoms with Crippen molar-refractivity contribution in [1.29, 1.82) is 0 Å². The number of hydrogen-bond acceptors (Lipinski definition) is 17. The van der Waals surface area contributed by atoms with Gasteiger partial charge in [-0.2, -0.15) is 0 Å². The van der Waals surface area contributed by atoms with Crippen LogP contribution in [0.1, 0.15) is 173 Å². The predicted molar refractivity (Wildman–Crippen MR) is 260 cm³/mol. The van der Waals surface area contributed by atoms with Gasteiger partial charge in [0.15, 0.2) is 0 Å². The molecule has 0 atom stereocenters. The fourth-order valence-electron chi connectivity index (χ4n) is 8.52. The van der Waals surface area contributed by atoms with Crippen LogP contribution in [-0.4, -0.2) is 171 Å². The Hall–Kier alpha value is -7.95. The van der Waals surface area contributed by atoms with E-state index in [0.29, 0.717) is 0 Å². The standard InChI is InChI=1S/C48H72N4O26/c1-77-43(75)29-44(76)78-28-2-3-30(53)49-45(16-4-31(54)50-46(19-7-34(57)58,20-8-35(59)60)21-9-36(61)62,17-5-32(55)51-47(22-10-37(63)64,23-11-38(65)66)24-12-39(67)68)18-6-33(56)52-48(25-13-40(69)70,26-14-41(71)72)27-15-42(73)74/h2-29H2,1H3,(H,49,53)(H,50,54)(H,51,55)(H,52,56)(H,57,58)(H,59,60)(H,61,62)(H,63,64)(H,65,66)(H,67,68)(H,69,70)(H,71,72)(H,73,74). The van der Waals surface area contributed by atoms with Gasteiger partial charge in [0, 0.05) is 106 Å². The third kappa shape index (κ3) is 32.5. The first-order valence-corrected chi connectivity index (χ1v) is 24.7. The van der Waals surface area contributed by atoms with Crippen molar-refractivity contribution in [3.05, 3.63) is 0 Å². The average Bonchev–Trinajstić information content (AvgIpc) is 3.34. The van der Waals surface area contributed by atoms with Crippen molar-refractivity contribution in [2.24, 2.45) is 0 Å². The Balaban J connectivity index is 7.90. The van der Waals surface area contributed by atoms with Crippen LogP contribution in [0.15, 0.2) is 0 Å². The number of carbonyl (C=O) groups is 15. The lowest BCUT2D eigenvalue weighted by molar-refractivity contribution is -0.154. The second-order valence-corrected chi connectivity index (χ2v) is 18.9. The van der Waals surface area contributed by atoms with Crippen molar-refractivity contribution in [2.75, 3.05) is 13.7 Å². The number of aliphatic carboxylic acids is 9. The van der Waals surface area contributed by atoms with Crippen LogP contribution in [0.2, 0.25) is 0 Å². The lowest BCUT2D eigenvalue weighted by atomic mass is 9.80. The highest BCUT2D eigenvalue weighted by atomic mass is 16.5. The molecule has 0 aliphatic rings. The number of carbonyl (C=O) groups excluding carboxylic acids is 6. The molecule has 0 saturated heterocycles. The molecule has 0 fully saturated rings. The maximum absolute atomic E-state index is 14.1. The fraction of sp³-hybridized carbons (Fsp3) is 0.688. The van der Waals surface area contributed by atoms with E-state index < -0.39 is 285 Å². The molecule has 0 bridgehead atoms. The van der Waals surface area contributed by atoms with E-state index in [1.165, 1.54) is 0 Å². The Bertz CT molecular complexity index is 1830. The molecule has 30 nitrogen and oxygen atoms in total. The Morgan fingerprint density at radius 2 is 0.487 bits per heavy atom. The molecule has 0 rings (SSSR count). The summed E-state index contributed by atoms with van der Waals surface area (Å²) in [5, 5.41) is 96.1.